The number of hydrogen-bond acceptors (Lipinski definition) is 3. The highest BCUT2D eigenvalue weighted by molar-refractivity contribution is 5.52. The first-order valence-corrected chi connectivity index (χ1v) is 5.04. The van der Waals surface area contributed by atoms with Gasteiger partial charge in [0.1, 0.15) is 0 Å². The Bertz CT molecular complexity index is 284. The van der Waals surface area contributed by atoms with Gasteiger partial charge in [0.05, 0.1) is 0 Å². The van der Waals surface area contributed by atoms with Crippen molar-refractivity contribution in [2.45, 2.75) is 20.3 Å². The molecule has 0 aliphatic carbocycles. The van der Waals surface area contributed by atoms with Crippen molar-refractivity contribution in [2.75, 3.05) is 18.4 Å². The molecule has 14 heavy (non-hydrogen) atoms. The Balaban J connectivity index is 2.59. The molecule has 0 atom stereocenters. The third-order valence-electron chi connectivity index (χ3n) is 2.28. The molecule has 0 saturated carbocycles. The van der Waals surface area contributed by atoms with Crippen molar-refractivity contribution in [3.8, 4) is 0 Å². The van der Waals surface area contributed by atoms with E-state index in [2.05, 4.69) is 42.8 Å². The Labute approximate surface area is 85.7 Å². The molecular formula is C11H19N3. The van der Waals surface area contributed by atoms with Crippen LogP contribution in [0.1, 0.15) is 18.1 Å². The number of nitrogens with one attached hydrogen (secondary N) is 2. The Morgan fingerprint density at radius 3 is 2.64 bits per heavy atom. The summed E-state index contributed by atoms with van der Waals surface area (Å²) in [4.78, 5) is 0. The van der Waals surface area contributed by atoms with Gasteiger partial charge >= 0.3 is 0 Å². The van der Waals surface area contributed by atoms with E-state index in [1.807, 2.05) is 0 Å². The zero-order valence-corrected chi connectivity index (χ0v) is 8.93. The smallest absolute Gasteiger partial charge is 0.0370 e. The number of rotatable bonds is 5. The third-order valence-corrected chi connectivity index (χ3v) is 2.28. The van der Waals surface area contributed by atoms with Crippen molar-refractivity contribution in [1.82, 2.24) is 5.43 Å². The average Bonchev–Trinajstić information content (AvgIpc) is 2.20. The summed E-state index contributed by atoms with van der Waals surface area (Å²) < 4.78 is 0. The first-order valence-electron chi connectivity index (χ1n) is 5.04. The lowest BCUT2D eigenvalue weighted by molar-refractivity contribution is 0.753. The minimum absolute atomic E-state index is 0.773. The van der Waals surface area contributed by atoms with Crippen LogP contribution < -0.4 is 16.6 Å². The van der Waals surface area contributed by atoms with E-state index >= 15 is 0 Å². The maximum absolute atomic E-state index is 5.19. The highest BCUT2D eigenvalue weighted by Crippen LogP contribution is 2.16. The molecule has 0 aliphatic heterocycles. The monoisotopic (exact) mass is 193 g/mol. The lowest BCUT2D eigenvalue weighted by Crippen LogP contribution is -2.28. The molecule has 4 N–H and O–H groups in total. The van der Waals surface area contributed by atoms with Crippen LogP contribution in [-0.4, -0.2) is 13.1 Å². The molecule has 0 fully saturated rings. The summed E-state index contributed by atoms with van der Waals surface area (Å²) in [7, 11) is 0. The van der Waals surface area contributed by atoms with E-state index in [0.29, 0.717) is 0 Å². The lowest BCUT2D eigenvalue weighted by atomic mass is 10.1. The van der Waals surface area contributed by atoms with Crippen LogP contribution in [0.3, 0.4) is 0 Å². The molecule has 0 saturated heterocycles. The second kappa shape index (κ2) is 5.62. The maximum atomic E-state index is 5.19. The van der Waals surface area contributed by atoms with Gasteiger partial charge in [-0.2, -0.15) is 0 Å². The van der Waals surface area contributed by atoms with Crippen LogP contribution in [0, 0.1) is 6.92 Å². The number of benzene rings is 1. The van der Waals surface area contributed by atoms with Gasteiger partial charge in [-0.15, -0.1) is 0 Å². The van der Waals surface area contributed by atoms with Gasteiger partial charge in [0, 0.05) is 18.8 Å². The third kappa shape index (κ3) is 3.01. The zero-order valence-electron chi connectivity index (χ0n) is 8.93. The number of hydrogen-bond donors (Lipinski definition) is 3. The van der Waals surface area contributed by atoms with E-state index in [-0.39, 0.29) is 0 Å². The molecule has 0 amide bonds. The van der Waals surface area contributed by atoms with Gasteiger partial charge in [-0.3, -0.25) is 11.3 Å². The molecule has 3 heteroatoms. The minimum Gasteiger partial charge on any atom is -0.383 e. The van der Waals surface area contributed by atoms with Gasteiger partial charge in [0.15, 0.2) is 0 Å². The molecule has 0 aliphatic rings. The predicted octanol–water partition coefficient (Wildman–Crippen LogP) is 1.43. The molecule has 0 unspecified atom stereocenters. The van der Waals surface area contributed by atoms with Crippen LogP contribution in [0.5, 0.6) is 0 Å². The molecular weight excluding hydrogens is 174 g/mol. The van der Waals surface area contributed by atoms with Gasteiger partial charge in [-0.25, -0.2) is 0 Å². The van der Waals surface area contributed by atoms with Crippen molar-refractivity contribution < 1.29 is 0 Å². The molecule has 0 aromatic heterocycles. The van der Waals surface area contributed by atoms with Gasteiger partial charge in [0.2, 0.25) is 0 Å². The molecule has 1 aromatic carbocycles. The van der Waals surface area contributed by atoms with Gasteiger partial charge < -0.3 is 5.32 Å². The summed E-state index contributed by atoms with van der Waals surface area (Å²) in [5.41, 5.74) is 6.48. The largest absolute Gasteiger partial charge is 0.383 e. The Morgan fingerprint density at radius 1 is 1.29 bits per heavy atom. The van der Waals surface area contributed by atoms with Crippen LogP contribution in [-0.2, 0) is 6.42 Å². The van der Waals surface area contributed by atoms with Crippen molar-refractivity contribution in [1.29, 1.82) is 0 Å². The van der Waals surface area contributed by atoms with Crippen LogP contribution in [0.25, 0.3) is 0 Å². The number of hydrazine groups is 1. The van der Waals surface area contributed by atoms with E-state index in [9.17, 15) is 0 Å². The van der Waals surface area contributed by atoms with E-state index in [1.165, 1.54) is 16.8 Å². The summed E-state index contributed by atoms with van der Waals surface area (Å²) in [6.45, 7) is 5.91. The van der Waals surface area contributed by atoms with Crippen molar-refractivity contribution in [3.05, 3.63) is 29.3 Å². The summed E-state index contributed by atoms with van der Waals surface area (Å²) >= 11 is 0. The zero-order chi connectivity index (χ0) is 10.4. The van der Waals surface area contributed by atoms with E-state index < -0.39 is 0 Å². The van der Waals surface area contributed by atoms with Crippen LogP contribution >= 0.6 is 0 Å². The Hall–Kier alpha value is -1.06. The molecule has 0 spiro atoms. The first kappa shape index (κ1) is 11.0. The van der Waals surface area contributed by atoms with E-state index in [1.54, 1.807) is 0 Å². The summed E-state index contributed by atoms with van der Waals surface area (Å²) in [5.74, 6) is 5.19. The highest BCUT2D eigenvalue weighted by atomic mass is 15.2. The fraction of sp³-hybridized carbons (Fsp3) is 0.455. The lowest BCUT2D eigenvalue weighted by Gasteiger charge is -2.10. The van der Waals surface area contributed by atoms with Gasteiger partial charge in [0.25, 0.3) is 0 Å². The Kier molecular flexibility index (Phi) is 4.43. The van der Waals surface area contributed by atoms with E-state index in [0.717, 1.165) is 19.5 Å². The van der Waals surface area contributed by atoms with E-state index in [4.69, 9.17) is 5.84 Å². The number of anilines is 1. The Morgan fingerprint density at radius 2 is 2.07 bits per heavy atom. The highest BCUT2D eigenvalue weighted by Gasteiger charge is 1.97. The molecule has 0 bridgehead atoms. The van der Waals surface area contributed by atoms with Crippen LogP contribution in [0.2, 0.25) is 0 Å². The van der Waals surface area contributed by atoms with Crippen LogP contribution in [0.4, 0.5) is 5.69 Å². The summed E-state index contributed by atoms with van der Waals surface area (Å²) in [5, 5.41) is 3.32. The first-order chi connectivity index (χ1) is 6.77. The average molecular weight is 193 g/mol. The predicted molar refractivity (Wildman–Crippen MR) is 61.2 cm³/mol. The molecule has 0 heterocycles. The molecule has 1 rings (SSSR count). The SMILES string of the molecule is CCc1ccc(NCCNN)c(C)c1. The van der Waals surface area contributed by atoms with Crippen molar-refractivity contribution >= 4 is 5.69 Å². The molecule has 1 aromatic rings. The topological polar surface area (TPSA) is 50.1 Å². The maximum Gasteiger partial charge on any atom is 0.0370 e. The minimum atomic E-state index is 0.773. The number of aryl methyl sites for hydroxylation is 2. The normalized spacial score (nSPS) is 10.2. The van der Waals surface area contributed by atoms with Crippen molar-refractivity contribution in [3.63, 3.8) is 0 Å². The molecule has 78 valence electrons. The fourth-order valence-corrected chi connectivity index (χ4v) is 1.41. The summed E-state index contributed by atoms with van der Waals surface area (Å²) in [6.07, 6.45) is 1.09. The summed E-state index contributed by atoms with van der Waals surface area (Å²) in [6, 6.07) is 6.51. The van der Waals surface area contributed by atoms with Crippen LogP contribution in [0.15, 0.2) is 18.2 Å². The second-order valence-corrected chi connectivity index (χ2v) is 3.38. The number of nitrogens with two attached hydrogens (primary N) is 1. The van der Waals surface area contributed by atoms with Gasteiger partial charge in [-0.05, 0) is 30.5 Å². The second-order valence-electron chi connectivity index (χ2n) is 3.38. The standard InChI is InChI=1S/C11H19N3/c1-3-10-4-5-11(9(2)8-10)13-6-7-14-12/h4-5,8,13-14H,3,6-7,12H2,1-2H3. The molecule has 3 nitrogen and oxygen atoms in total. The van der Waals surface area contributed by atoms with Crippen molar-refractivity contribution in [2.24, 2.45) is 5.84 Å². The molecule has 0 radical (unpaired) electrons. The van der Waals surface area contributed by atoms with Gasteiger partial charge in [-0.1, -0.05) is 19.1 Å². The quantitative estimate of drug-likeness (QED) is 0.377. The fourth-order valence-electron chi connectivity index (χ4n) is 1.41.